The van der Waals surface area contributed by atoms with Crippen LogP contribution in [0.1, 0.15) is 32.3 Å². The molecule has 0 atom stereocenters. The summed E-state index contributed by atoms with van der Waals surface area (Å²) in [6, 6.07) is 0. The van der Waals surface area contributed by atoms with E-state index in [4.69, 9.17) is 5.11 Å². The second-order valence-corrected chi connectivity index (χ2v) is 4.55. The highest BCUT2D eigenvalue weighted by Gasteiger charge is 1.98. The molecule has 16 heavy (non-hydrogen) atoms. The van der Waals surface area contributed by atoms with Gasteiger partial charge in [-0.3, -0.25) is 4.68 Å². The first-order chi connectivity index (χ1) is 7.72. The maximum atomic E-state index is 8.75. The Morgan fingerprint density at radius 1 is 1.50 bits per heavy atom. The molecule has 0 spiro atoms. The standard InChI is InChI=1S/C12H23N3O/c1-11(2)4-3-5-13-8-12-9-14-15(10-12)6-7-16/h9-11,13,16H,3-8H2,1-2H3. The summed E-state index contributed by atoms with van der Waals surface area (Å²) in [5.74, 6) is 0.786. The lowest BCUT2D eigenvalue weighted by Crippen LogP contribution is -2.14. The maximum Gasteiger partial charge on any atom is 0.0640 e. The summed E-state index contributed by atoms with van der Waals surface area (Å²) in [5, 5.41) is 16.3. The molecule has 0 saturated heterocycles. The van der Waals surface area contributed by atoms with Gasteiger partial charge in [0.25, 0.3) is 0 Å². The predicted octanol–water partition coefficient (Wildman–Crippen LogP) is 1.40. The van der Waals surface area contributed by atoms with E-state index in [0.717, 1.165) is 19.0 Å². The zero-order valence-electron chi connectivity index (χ0n) is 10.3. The molecule has 2 N–H and O–H groups in total. The predicted molar refractivity (Wildman–Crippen MR) is 65.1 cm³/mol. The monoisotopic (exact) mass is 225 g/mol. The Morgan fingerprint density at radius 3 is 3.00 bits per heavy atom. The van der Waals surface area contributed by atoms with Gasteiger partial charge in [-0.2, -0.15) is 5.10 Å². The minimum Gasteiger partial charge on any atom is -0.394 e. The molecule has 1 aromatic rings. The molecule has 4 heteroatoms. The van der Waals surface area contributed by atoms with Gasteiger partial charge in [0.1, 0.15) is 0 Å². The Kier molecular flexibility index (Phi) is 6.11. The Balaban J connectivity index is 2.12. The van der Waals surface area contributed by atoms with Crippen molar-refractivity contribution in [2.24, 2.45) is 5.92 Å². The molecule has 0 fully saturated rings. The van der Waals surface area contributed by atoms with E-state index in [1.165, 1.54) is 18.4 Å². The lowest BCUT2D eigenvalue weighted by Gasteiger charge is -2.05. The Morgan fingerprint density at radius 2 is 2.31 bits per heavy atom. The topological polar surface area (TPSA) is 50.1 Å². The van der Waals surface area contributed by atoms with Crippen molar-refractivity contribution in [3.05, 3.63) is 18.0 Å². The van der Waals surface area contributed by atoms with E-state index < -0.39 is 0 Å². The van der Waals surface area contributed by atoms with Gasteiger partial charge >= 0.3 is 0 Å². The largest absolute Gasteiger partial charge is 0.394 e. The van der Waals surface area contributed by atoms with E-state index in [-0.39, 0.29) is 6.61 Å². The summed E-state index contributed by atoms with van der Waals surface area (Å²) in [6.45, 7) is 7.14. The average molecular weight is 225 g/mol. The number of hydrogen-bond donors (Lipinski definition) is 2. The normalized spacial score (nSPS) is 11.2. The molecule has 0 unspecified atom stereocenters. The SMILES string of the molecule is CC(C)CCCNCc1cnn(CCO)c1. The van der Waals surface area contributed by atoms with Crippen LogP contribution >= 0.6 is 0 Å². The zero-order valence-corrected chi connectivity index (χ0v) is 10.3. The lowest BCUT2D eigenvalue weighted by atomic mass is 10.1. The smallest absolute Gasteiger partial charge is 0.0640 e. The Labute approximate surface area is 97.7 Å². The fraction of sp³-hybridized carbons (Fsp3) is 0.750. The van der Waals surface area contributed by atoms with Crippen LogP contribution in [-0.2, 0) is 13.1 Å². The van der Waals surface area contributed by atoms with Crippen LogP contribution in [0, 0.1) is 5.92 Å². The van der Waals surface area contributed by atoms with Gasteiger partial charge in [0.05, 0.1) is 19.3 Å². The molecule has 4 nitrogen and oxygen atoms in total. The molecule has 0 amide bonds. The number of aliphatic hydroxyl groups excluding tert-OH is 1. The van der Waals surface area contributed by atoms with Crippen LogP contribution in [0.3, 0.4) is 0 Å². The minimum absolute atomic E-state index is 0.142. The molecule has 1 rings (SSSR count). The molecule has 0 aliphatic rings. The summed E-state index contributed by atoms with van der Waals surface area (Å²) in [4.78, 5) is 0. The van der Waals surface area contributed by atoms with Gasteiger partial charge in [0, 0.05) is 18.3 Å². The van der Waals surface area contributed by atoms with Crippen LogP contribution < -0.4 is 5.32 Å². The van der Waals surface area contributed by atoms with Crippen molar-refractivity contribution in [2.75, 3.05) is 13.2 Å². The molecular weight excluding hydrogens is 202 g/mol. The van der Waals surface area contributed by atoms with Crippen LogP contribution in [-0.4, -0.2) is 28.0 Å². The van der Waals surface area contributed by atoms with E-state index >= 15 is 0 Å². The number of nitrogens with one attached hydrogen (secondary N) is 1. The van der Waals surface area contributed by atoms with Crippen LogP contribution in [0.2, 0.25) is 0 Å². The minimum atomic E-state index is 0.142. The first-order valence-electron chi connectivity index (χ1n) is 6.05. The average Bonchev–Trinajstić information content (AvgIpc) is 2.65. The third kappa shape index (κ3) is 5.28. The van der Waals surface area contributed by atoms with Gasteiger partial charge in [-0.25, -0.2) is 0 Å². The van der Waals surface area contributed by atoms with E-state index in [1.807, 2.05) is 12.4 Å². The summed E-state index contributed by atoms with van der Waals surface area (Å²) < 4.78 is 1.77. The van der Waals surface area contributed by atoms with E-state index in [9.17, 15) is 0 Å². The molecule has 0 bridgehead atoms. The van der Waals surface area contributed by atoms with E-state index in [0.29, 0.717) is 6.54 Å². The highest BCUT2D eigenvalue weighted by Crippen LogP contribution is 2.02. The third-order valence-corrected chi connectivity index (χ3v) is 2.48. The van der Waals surface area contributed by atoms with Crippen molar-refractivity contribution in [1.82, 2.24) is 15.1 Å². The van der Waals surface area contributed by atoms with Crippen LogP contribution in [0.15, 0.2) is 12.4 Å². The van der Waals surface area contributed by atoms with E-state index in [2.05, 4.69) is 24.3 Å². The number of aromatic nitrogens is 2. The lowest BCUT2D eigenvalue weighted by molar-refractivity contribution is 0.269. The van der Waals surface area contributed by atoms with Gasteiger partial charge in [0.2, 0.25) is 0 Å². The second-order valence-electron chi connectivity index (χ2n) is 4.55. The molecule has 1 heterocycles. The number of nitrogens with zero attached hydrogens (tertiary/aromatic N) is 2. The van der Waals surface area contributed by atoms with E-state index in [1.54, 1.807) is 4.68 Å². The van der Waals surface area contributed by atoms with Crippen molar-refractivity contribution in [3.63, 3.8) is 0 Å². The van der Waals surface area contributed by atoms with Crippen molar-refractivity contribution in [2.45, 2.75) is 39.8 Å². The third-order valence-electron chi connectivity index (χ3n) is 2.48. The van der Waals surface area contributed by atoms with Gasteiger partial charge in [-0.05, 0) is 25.3 Å². The second kappa shape index (κ2) is 7.41. The van der Waals surface area contributed by atoms with Gasteiger partial charge < -0.3 is 10.4 Å². The first-order valence-corrected chi connectivity index (χ1v) is 6.05. The highest BCUT2D eigenvalue weighted by molar-refractivity contribution is 5.03. The molecular formula is C12H23N3O. The van der Waals surface area contributed by atoms with Crippen LogP contribution in [0.5, 0.6) is 0 Å². The maximum absolute atomic E-state index is 8.75. The van der Waals surface area contributed by atoms with Crippen LogP contribution in [0.4, 0.5) is 0 Å². The first kappa shape index (κ1) is 13.2. The molecule has 0 aromatic carbocycles. The van der Waals surface area contributed by atoms with Crippen molar-refractivity contribution in [1.29, 1.82) is 0 Å². The van der Waals surface area contributed by atoms with Crippen LogP contribution in [0.25, 0.3) is 0 Å². The molecule has 0 radical (unpaired) electrons. The fourth-order valence-corrected chi connectivity index (χ4v) is 1.59. The fourth-order valence-electron chi connectivity index (χ4n) is 1.59. The Hall–Kier alpha value is -0.870. The number of hydrogen-bond acceptors (Lipinski definition) is 3. The highest BCUT2D eigenvalue weighted by atomic mass is 16.3. The quantitative estimate of drug-likeness (QED) is 0.658. The summed E-state index contributed by atoms with van der Waals surface area (Å²) in [6.07, 6.45) is 6.33. The molecule has 0 saturated carbocycles. The van der Waals surface area contributed by atoms with Gasteiger partial charge in [-0.1, -0.05) is 13.8 Å². The van der Waals surface area contributed by atoms with Crippen molar-refractivity contribution >= 4 is 0 Å². The molecule has 92 valence electrons. The summed E-state index contributed by atoms with van der Waals surface area (Å²) in [5.41, 5.74) is 1.18. The molecule has 0 aliphatic heterocycles. The van der Waals surface area contributed by atoms with Crippen molar-refractivity contribution < 1.29 is 5.11 Å². The Bertz CT molecular complexity index is 284. The summed E-state index contributed by atoms with van der Waals surface area (Å²) >= 11 is 0. The number of aliphatic hydroxyl groups is 1. The molecule has 0 aliphatic carbocycles. The summed E-state index contributed by atoms with van der Waals surface area (Å²) in [7, 11) is 0. The zero-order chi connectivity index (χ0) is 11.8. The van der Waals surface area contributed by atoms with Gasteiger partial charge in [-0.15, -0.1) is 0 Å². The van der Waals surface area contributed by atoms with Gasteiger partial charge in [0.15, 0.2) is 0 Å². The van der Waals surface area contributed by atoms with Crippen molar-refractivity contribution in [3.8, 4) is 0 Å². The number of rotatable bonds is 8. The molecule has 1 aromatic heterocycles.